The lowest BCUT2D eigenvalue weighted by atomic mass is 10.3. The van der Waals surface area contributed by atoms with Gasteiger partial charge < -0.3 is 14.4 Å². The summed E-state index contributed by atoms with van der Waals surface area (Å²) in [6.45, 7) is 1.75. The van der Waals surface area contributed by atoms with E-state index in [0.717, 1.165) is 17.1 Å². The average Bonchev–Trinajstić information content (AvgIpc) is 2.81. The summed E-state index contributed by atoms with van der Waals surface area (Å²) in [4.78, 5) is 37.5. The zero-order valence-corrected chi connectivity index (χ0v) is 10.4. The maximum Gasteiger partial charge on any atom is 0.372 e. The molecule has 0 aromatic carbocycles. The fraction of sp³-hybridized carbons (Fsp3) is 0.167. The molecule has 0 bridgehead atoms. The third-order valence-corrected chi connectivity index (χ3v) is 2.36. The molecule has 8 nitrogen and oxygen atoms in total. The van der Waals surface area contributed by atoms with Crippen molar-refractivity contribution in [2.75, 3.05) is 6.61 Å². The summed E-state index contributed by atoms with van der Waals surface area (Å²) in [5.41, 5.74) is -1.11. The molecule has 0 fully saturated rings. The zero-order chi connectivity index (χ0) is 14.7. The van der Waals surface area contributed by atoms with E-state index in [9.17, 15) is 14.4 Å². The van der Waals surface area contributed by atoms with Crippen molar-refractivity contribution in [2.45, 2.75) is 6.92 Å². The SMILES string of the molecule is CCOC(=O)c1cn(-c2ccc(C(=O)O)cn2)oc1=O. The molecule has 2 aromatic rings. The van der Waals surface area contributed by atoms with Crippen LogP contribution in [0.4, 0.5) is 0 Å². The van der Waals surface area contributed by atoms with E-state index in [2.05, 4.69) is 4.98 Å². The maximum atomic E-state index is 11.5. The molecule has 2 rings (SSSR count). The number of nitrogens with zero attached hydrogens (tertiary/aromatic N) is 2. The molecule has 8 heteroatoms. The minimum atomic E-state index is -1.12. The molecule has 0 radical (unpaired) electrons. The van der Waals surface area contributed by atoms with Crippen LogP contribution in [0.1, 0.15) is 27.6 Å². The summed E-state index contributed by atoms with van der Waals surface area (Å²) < 4.78 is 10.5. The van der Waals surface area contributed by atoms with Gasteiger partial charge in [-0.05, 0) is 19.1 Å². The van der Waals surface area contributed by atoms with Crippen LogP contribution >= 0.6 is 0 Å². The van der Waals surface area contributed by atoms with E-state index in [4.69, 9.17) is 14.4 Å². The van der Waals surface area contributed by atoms with Crippen LogP contribution in [0.15, 0.2) is 33.8 Å². The Kier molecular flexibility index (Phi) is 3.65. The van der Waals surface area contributed by atoms with Crippen molar-refractivity contribution < 1.29 is 24.0 Å². The zero-order valence-electron chi connectivity index (χ0n) is 10.4. The molecule has 0 amide bonds. The van der Waals surface area contributed by atoms with Gasteiger partial charge in [0.05, 0.1) is 18.4 Å². The highest BCUT2D eigenvalue weighted by atomic mass is 16.5. The van der Waals surface area contributed by atoms with Crippen molar-refractivity contribution in [3.05, 3.63) is 46.1 Å². The van der Waals surface area contributed by atoms with Gasteiger partial charge in [0, 0.05) is 6.20 Å². The Hall–Kier alpha value is -2.90. The van der Waals surface area contributed by atoms with Crippen LogP contribution in [-0.4, -0.2) is 33.4 Å². The molecule has 2 aromatic heterocycles. The number of carboxylic acid groups (broad SMARTS) is 1. The second kappa shape index (κ2) is 5.39. The second-order valence-electron chi connectivity index (χ2n) is 3.68. The molecular formula is C12H10N2O6. The van der Waals surface area contributed by atoms with Gasteiger partial charge in [-0.3, -0.25) is 0 Å². The van der Waals surface area contributed by atoms with Gasteiger partial charge in [-0.1, -0.05) is 0 Å². The van der Waals surface area contributed by atoms with E-state index < -0.39 is 17.6 Å². The largest absolute Gasteiger partial charge is 0.478 e. The van der Waals surface area contributed by atoms with Crippen molar-refractivity contribution in [1.82, 2.24) is 9.72 Å². The summed E-state index contributed by atoms with van der Waals surface area (Å²) >= 11 is 0. The summed E-state index contributed by atoms with van der Waals surface area (Å²) in [6, 6.07) is 2.65. The number of hydrogen-bond donors (Lipinski definition) is 1. The number of carboxylic acids is 1. The van der Waals surface area contributed by atoms with Crippen LogP contribution in [0.25, 0.3) is 5.82 Å². The summed E-state index contributed by atoms with van der Waals surface area (Å²) in [6.07, 6.45) is 2.25. The van der Waals surface area contributed by atoms with Gasteiger partial charge in [0.25, 0.3) is 0 Å². The van der Waals surface area contributed by atoms with Crippen molar-refractivity contribution in [1.29, 1.82) is 0 Å². The van der Waals surface area contributed by atoms with Gasteiger partial charge in [-0.15, -0.1) is 0 Å². The van der Waals surface area contributed by atoms with Gasteiger partial charge >= 0.3 is 17.6 Å². The van der Waals surface area contributed by atoms with Crippen LogP contribution in [0.3, 0.4) is 0 Å². The first-order valence-electron chi connectivity index (χ1n) is 5.62. The third-order valence-electron chi connectivity index (χ3n) is 2.36. The fourth-order valence-electron chi connectivity index (χ4n) is 1.44. The number of aromatic carboxylic acids is 1. The predicted molar refractivity (Wildman–Crippen MR) is 65.0 cm³/mol. The number of hydrogen-bond acceptors (Lipinski definition) is 6. The smallest absolute Gasteiger partial charge is 0.372 e. The van der Waals surface area contributed by atoms with Gasteiger partial charge in [-0.25, -0.2) is 19.4 Å². The third kappa shape index (κ3) is 2.58. The van der Waals surface area contributed by atoms with E-state index in [-0.39, 0.29) is 23.6 Å². The number of rotatable bonds is 4. The molecule has 2 heterocycles. The number of aromatic nitrogens is 2. The first-order valence-corrected chi connectivity index (χ1v) is 5.62. The topological polar surface area (TPSA) is 112 Å². The minimum absolute atomic E-state index is 0.00568. The molecule has 104 valence electrons. The van der Waals surface area contributed by atoms with Crippen LogP contribution in [-0.2, 0) is 4.74 Å². The highest BCUT2D eigenvalue weighted by Gasteiger charge is 2.17. The Balaban J connectivity index is 2.34. The number of ether oxygens (including phenoxy) is 1. The van der Waals surface area contributed by atoms with Crippen molar-refractivity contribution in [2.24, 2.45) is 0 Å². The summed E-state index contributed by atoms with van der Waals surface area (Å²) in [5, 5.41) is 8.74. The highest BCUT2D eigenvalue weighted by Crippen LogP contribution is 2.07. The first-order chi connectivity index (χ1) is 9.52. The fourth-order valence-corrected chi connectivity index (χ4v) is 1.44. The molecular weight excluding hydrogens is 268 g/mol. The molecule has 0 spiro atoms. The second-order valence-corrected chi connectivity index (χ2v) is 3.68. The molecule has 1 N–H and O–H groups in total. The standard InChI is InChI=1S/C12H10N2O6/c1-2-19-11(17)8-6-14(20-12(8)18)9-4-3-7(5-13-9)10(15)16/h3-6H,2H2,1H3,(H,15,16). The number of carbonyl (C=O) groups excluding carboxylic acids is 1. The lowest BCUT2D eigenvalue weighted by Crippen LogP contribution is -2.12. The molecule has 0 aliphatic heterocycles. The Morgan fingerprint density at radius 1 is 1.45 bits per heavy atom. The maximum absolute atomic E-state index is 11.5. The first kappa shape index (κ1) is 13.5. The summed E-state index contributed by atoms with van der Waals surface area (Å²) in [5.74, 6) is -1.74. The molecule has 0 saturated heterocycles. The number of pyridine rings is 1. The van der Waals surface area contributed by atoms with Gasteiger partial charge in [0.15, 0.2) is 11.4 Å². The van der Waals surface area contributed by atoms with Gasteiger partial charge in [0.1, 0.15) is 0 Å². The highest BCUT2D eigenvalue weighted by molar-refractivity contribution is 5.88. The Morgan fingerprint density at radius 2 is 2.20 bits per heavy atom. The van der Waals surface area contributed by atoms with Gasteiger partial charge in [0.2, 0.25) is 0 Å². The van der Waals surface area contributed by atoms with E-state index in [0.29, 0.717) is 0 Å². The summed E-state index contributed by atoms with van der Waals surface area (Å²) in [7, 11) is 0. The Bertz CT molecular complexity index is 697. The quantitative estimate of drug-likeness (QED) is 0.819. The molecule has 0 unspecified atom stereocenters. The van der Waals surface area contributed by atoms with Crippen LogP contribution in [0, 0.1) is 0 Å². The van der Waals surface area contributed by atoms with E-state index in [1.807, 2.05) is 0 Å². The number of carbonyl (C=O) groups is 2. The van der Waals surface area contributed by atoms with Crippen molar-refractivity contribution in [3.63, 3.8) is 0 Å². The van der Waals surface area contributed by atoms with Crippen molar-refractivity contribution >= 4 is 11.9 Å². The van der Waals surface area contributed by atoms with Crippen LogP contribution in [0.5, 0.6) is 0 Å². The van der Waals surface area contributed by atoms with Crippen molar-refractivity contribution in [3.8, 4) is 5.82 Å². The average molecular weight is 278 g/mol. The Morgan fingerprint density at radius 3 is 2.75 bits per heavy atom. The molecule has 0 saturated carbocycles. The normalized spacial score (nSPS) is 10.2. The lowest BCUT2D eigenvalue weighted by Gasteiger charge is -1.99. The van der Waals surface area contributed by atoms with E-state index in [1.54, 1.807) is 6.92 Å². The lowest BCUT2D eigenvalue weighted by molar-refractivity contribution is 0.0523. The van der Waals surface area contributed by atoms with Gasteiger partial charge in [-0.2, -0.15) is 4.74 Å². The van der Waals surface area contributed by atoms with Crippen LogP contribution in [0.2, 0.25) is 0 Å². The molecule has 0 aliphatic carbocycles. The molecule has 0 atom stereocenters. The minimum Gasteiger partial charge on any atom is -0.478 e. The monoisotopic (exact) mass is 278 g/mol. The molecule has 0 aliphatic rings. The Labute approximate surface area is 112 Å². The predicted octanol–water partition coefficient (Wildman–Crippen LogP) is 0.700. The van der Waals surface area contributed by atoms with E-state index >= 15 is 0 Å². The number of esters is 1. The van der Waals surface area contributed by atoms with Crippen LogP contribution < -0.4 is 5.63 Å². The molecule has 20 heavy (non-hydrogen) atoms. The van der Waals surface area contributed by atoms with E-state index in [1.165, 1.54) is 12.1 Å².